The highest BCUT2D eigenvalue weighted by Crippen LogP contribution is 2.29. The third kappa shape index (κ3) is 3.69. The van der Waals surface area contributed by atoms with E-state index in [1.165, 1.54) is 38.8 Å². The van der Waals surface area contributed by atoms with Crippen LogP contribution in [0.4, 0.5) is 0 Å². The monoisotopic (exact) mass is 238 g/mol. The van der Waals surface area contributed by atoms with Gasteiger partial charge in [-0.1, -0.05) is 20.8 Å². The number of nitrogens with one attached hydrogen (secondary N) is 1. The Balaban J connectivity index is 1.83. The Bertz CT molecular complexity index is 231. The van der Waals surface area contributed by atoms with E-state index in [2.05, 4.69) is 38.0 Å². The minimum atomic E-state index is 0.758. The molecule has 0 aromatic carbocycles. The van der Waals surface area contributed by atoms with Gasteiger partial charge in [-0.15, -0.1) is 0 Å². The maximum absolute atomic E-state index is 3.96. The predicted octanol–water partition coefficient (Wildman–Crippen LogP) is 2.74. The smallest absolute Gasteiger partial charge is 0.0120 e. The maximum Gasteiger partial charge on any atom is 0.0120 e. The van der Waals surface area contributed by atoms with E-state index < -0.39 is 0 Å². The summed E-state index contributed by atoms with van der Waals surface area (Å²) >= 11 is 0. The quantitative estimate of drug-likeness (QED) is 0.796. The van der Waals surface area contributed by atoms with Gasteiger partial charge < -0.3 is 10.2 Å². The van der Waals surface area contributed by atoms with Crippen LogP contribution in [0, 0.1) is 17.8 Å². The molecule has 1 aliphatic carbocycles. The zero-order chi connectivity index (χ0) is 12.4. The standard InChI is InChI=1S/C15H30N2/c1-11-7-12(2)9-14(8-11)16-15-5-6-17(4)10-13(15)3/h11-16H,5-10H2,1-4H3. The van der Waals surface area contributed by atoms with Crippen molar-refractivity contribution in [3.05, 3.63) is 0 Å². The summed E-state index contributed by atoms with van der Waals surface area (Å²) in [7, 11) is 2.25. The molecule has 1 saturated carbocycles. The van der Waals surface area contributed by atoms with E-state index in [1.807, 2.05) is 0 Å². The van der Waals surface area contributed by atoms with Crippen LogP contribution in [0.2, 0.25) is 0 Å². The van der Waals surface area contributed by atoms with Crippen LogP contribution in [-0.4, -0.2) is 37.1 Å². The summed E-state index contributed by atoms with van der Waals surface area (Å²) in [6.45, 7) is 9.77. The van der Waals surface area contributed by atoms with Gasteiger partial charge in [0.2, 0.25) is 0 Å². The highest BCUT2D eigenvalue weighted by atomic mass is 15.1. The molecule has 0 radical (unpaired) electrons. The van der Waals surface area contributed by atoms with Gasteiger partial charge in [-0.2, -0.15) is 0 Å². The second-order valence-corrected chi connectivity index (χ2v) is 6.92. The molecule has 0 aromatic heterocycles. The largest absolute Gasteiger partial charge is 0.311 e. The molecule has 0 spiro atoms. The first-order valence-corrected chi connectivity index (χ1v) is 7.49. The Morgan fingerprint density at radius 3 is 2.24 bits per heavy atom. The first kappa shape index (κ1) is 13.4. The summed E-state index contributed by atoms with van der Waals surface area (Å²) in [5, 5.41) is 3.96. The lowest BCUT2D eigenvalue weighted by atomic mass is 9.79. The normalized spacial score (nSPS) is 44.8. The van der Waals surface area contributed by atoms with Crippen molar-refractivity contribution in [2.45, 2.75) is 58.5 Å². The molecule has 0 amide bonds. The number of piperidine rings is 1. The van der Waals surface area contributed by atoms with E-state index in [1.54, 1.807) is 0 Å². The number of hydrogen-bond acceptors (Lipinski definition) is 2. The highest BCUT2D eigenvalue weighted by Gasteiger charge is 2.29. The average Bonchev–Trinajstić information content (AvgIpc) is 2.21. The Morgan fingerprint density at radius 1 is 1.00 bits per heavy atom. The molecule has 2 nitrogen and oxygen atoms in total. The van der Waals surface area contributed by atoms with Crippen LogP contribution in [0.25, 0.3) is 0 Å². The van der Waals surface area contributed by atoms with Crippen molar-refractivity contribution in [1.82, 2.24) is 10.2 Å². The molecule has 1 saturated heterocycles. The van der Waals surface area contributed by atoms with E-state index in [0.717, 1.165) is 29.8 Å². The van der Waals surface area contributed by atoms with Gasteiger partial charge in [0.05, 0.1) is 0 Å². The Morgan fingerprint density at radius 2 is 1.65 bits per heavy atom. The molecule has 2 rings (SSSR count). The van der Waals surface area contributed by atoms with Crippen LogP contribution >= 0.6 is 0 Å². The second kappa shape index (κ2) is 5.71. The zero-order valence-electron chi connectivity index (χ0n) is 12.1. The fourth-order valence-electron chi connectivity index (χ4n) is 3.99. The molecule has 0 bridgehead atoms. The molecule has 4 atom stereocenters. The van der Waals surface area contributed by atoms with Crippen molar-refractivity contribution >= 4 is 0 Å². The van der Waals surface area contributed by atoms with E-state index in [4.69, 9.17) is 0 Å². The van der Waals surface area contributed by atoms with Crippen molar-refractivity contribution in [2.24, 2.45) is 17.8 Å². The predicted molar refractivity (Wildman–Crippen MR) is 74.2 cm³/mol. The minimum Gasteiger partial charge on any atom is -0.311 e. The number of hydrogen-bond donors (Lipinski definition) is 1. The van der Waals surface area contributed by atoms with Crippen LogP contribution in [0.15, 0.2) is 0 Å². The van der Waals surface area contributed by atoms with E-state index in [-0.39, 0.29) is 0 Å². The lowest BCUT2D eigenvalue weighted by molar-refractivity contribution is 0.143. The van der Waals surface area contributed by atoms with Gasteiger partial charge in [0.15, 0.2) is 0 Å². The molecule has 0 aromatic rings. The number of nitrogens with zero attached hydrogens (tertiary/aromatic N) is 1. The minimum absolute atomic E-state index is 0.758. The van der Waals surface area contributed by atoms with Gasteiger partial charge >= 0.3 is 0 Å². The van der Waals surface area contributed by atoms with E-state index in [9.17, 15) is 0 Å². The van der Waals surface area contributed by atoms with Gasteiger partial charge in [0.25, 0.3) is 0 Å². The molecule has 4 unspecified atom stereocenters. The second-order valence-electron chi connectivity index (χ2n) is 6.92. The van der Waals surface area contributed by atoms with Gasteiger partial charge in [0, 0.05) is 18.6 Å². The number of rotatable bonds is 2. The van der Waals surface area contributed by atoms with Crippen LogP contribution in [0.3, 0.4) is 0 Å². The van der Waals surface area contributed by atoms with Gasteiger partial charge in [0.1, 0.15) is 0 Å². The zero-order valence-corrected chi connectivity index (χ0v) is 12.1. The van der Waals surface area contributed by atoms with Gasteiger partial charge in [-0.3, -0.25) is 0 Å². The molecule has 1 heterocycles. The number of likely N-dealkylation sites (tertiary alicyclic amines) is 1. The van der Waals surface area contributed by atoms with Crippen molar-refractivity contribution < 1.29 is 0 Å². The van der Waals surface area contributed by atoms with E-state index in [0.29, 0.717) is 0 Å². The molecule has 1 N–H and O–H groups in total. The molecule has 2 fully saturated rings. The third-order valence-electron chi connectivity index (χ3n) is 4.74. The van der Waals surface area contributed by atoms with Gasteiger partial charge in [-0.05, 0) is 57.0 Å². The topological polar surface area (TPSA) is 15.3 Å². The molecule has 1 aliphatic heterocycles. The highest BCUT2D eigenvalue weighted by molar-refractivity contribution is 4.87. The lowest BCUT2D eigenvalue weighted by Crippen LogP contribution is -2.51. The van der Waals surface area contributed by atoms with Crippen molar-refractivity contribution in [3.8, 4) is 0 Å². The van der Waals surface area contributed by atoms with Crippen LogP contribution < -0.4 is 5.32 Å². The lowest BCUT2D eigenvalue weighted by Gasteiger charge is -2.40. The summed E-state index contributed by atoms with van der Waals surface area (Å²) in [6, 6.07) is 1.54. The Kier molecular flexibility index (Phi) is 4.48. The van der Waals surface area contributed by atoms with Crippen LogP contribution in [0.5, 0.6) is 0 Å². The molecular formula is C15H30N2. The maximum atomic E-state index is 3.96. The SMILES string of the molecule is CC1CC(C)CC(NC2CCN(C)CC2C)C1. The summed E-state index contributed by atoms with van der Waals surface area (Å²) in [4.78, 5) is 2.47. The summed E-state index contributed by atoms with van der Waals surface area (Å²) < 4.78 is 0. The molecule has 2 heteroatoms. The van der Waals surface area contributed by atoms with Crippen molar-refractivity contribution in [2.75, 3.05) is 20.1 Å². The van der Waals surface area contributed by atoms with Crippen molar-refractivity contribution in [3.63, 3.8) is 0 Å². The summed E-state index contributed by atoms with van der Waals surface area (Å²) in [6.07, 6.45) is 5.55. The molecule has 100 valence electrons. The fraction of sp³-hybridized carbons (Fsp3) is 1.00. The van der Waals surface area contributed by atoms with E-state index >= 15 is 0 Å². The Labute approximate surface area is 107 Å². The third-order valence-corrected chi connectivity index (χ3v) is 4.74. The van der Waals surface area contributed by atoms with Gasteiger partial charge in [-0.25, -0.2) is 0 Å². The van der Waals surface area contributed by atoms with Crippen LogP contribution in [-0.2, 0) is 0 Å². The Hall–Kier alpha value is -0.0800. The first-order valence-electron chi connectivity index (χ1n) is 7.49. The first-order chi connectivity index (χ1) is 8.04. The molecular weight excluding hydrogens is 208 g/mol. The summed E-state index contributed by atoms with van der Waals surface area (Å²) in [5.74, 6) is 2.64. The average molecular weight is 238 g/mol. The van der Waals surface area contributed by atoms with Crippen LogP contribution in [0.1, 0.15) is 46.5 Å². The molecule has 2 aliphatic rings. The fourth-order valence-corrected chi connectivity index (χ4v) is 3.99. The summed E-state index contributed by atoms with van der Waals surface area (Å²) in [5.41, 5.74) is 0. The van der Waals surface area contributed by atoms with Crippen molar-refractivity contribution in [1.29, 1.82) is 0 Å². The molecule has 17 heavy (non-hydrogen) atoms.